The molecule has 0 saturated heterocycles. The van der Waals surface area contributed by atoms with Crippen molar-refractivity contribution >= 4 is 36.3 Å². The first-order chi connectivity index (χ1) is 14.1. The second-order valence-corrected chi connectivity index (χ2v) is 7.71. The predicted molar refractivity (Wildman–Crippen MR) is 116 cm³/mol. The molecule has 10 heteroatoms. The predicted octanol–water partition coefficient (Wildman–Crippen LogP) is -0.297. The molecule has 0 aromatic heterocycles. The van der Waals surface area contributed by atoms with Crippen molar-refractivity contribution in [2.24, 2.45) is 11.7 Å². The van der Waals surface area contributed by atoms with Gasteiger partial charge in [0.2, 0.25) is 17.7 Å². The molecular weight excluding hydrogens is 408 g/mol. The van der Waals surface area contributed by atoms with Gasteiger partial charge in [-0.3, -0.25) is 19.2 Å². The molecule has 6 N–H and O–H groups in total. The summed E-state index contributed by atoms with van der Waals surface area (Å²) in [5, 5.41) is 16.1. The number of thiol groups is 1. The van der Waals surface area contributed by atoms with Gasteiger partial charge in [-0.15, -0.1) is 0 Å². The number of carboxylic acid groups (broad SMARTS) is 1. The van der Waals surface area contributed by atoms with E-state index in [2.05, 4.69) is 28.6 Å². The van der Waals surface area contributed by atoms with Gasteiger partial charge in [0.15, 0.2) is 0 Å². The van der Waals surface area contributed by atoms with Crippen LogP contribution >= 0.6 is 12.6 Å². The number of rotatable bonds is 12. The van der Waals surface area contributed by atoms with Crippen molar-refractivity contribution in [3.8, 4) is 0 Å². The highest BCUT2D eigenvalue weighted by molar-refractivity contribution is 7.80. The molecule has 1 rings (SSSR count). The summed E-state index contributed by atoms with van der Waals surface area (Å²) in [6.45, 7) is 3.18. The first kappa shape index (κ1) is 25.4. The highest BCUT2D eigenvalue weighted by Crippen LogP contribution is 2.06. The van der Waals surface area contributed by atoms with E-state index >= 15 is 0 Å². The van der Waals surface area contributed by atoms with Crippen LogP contribution in [0.2, 0.25) is 0 Å². The monoisotopic (exact) mass is 438 g/mol. The summed E-state index contributed by atoms with van der Waals surface area (Å²) in [6, 6.07) is 6.45. The van der Waals surface area contributed by atoms with Gasteiger partial charge >= 0.3 is 5.97 Å². The number of nitrogens with two attached hydrogens (primary N) is 1. The Morgan fingerprint density at radius 2 is 1.60 bits per heavy atom. The molecule has 166 valence electrons. The third kappa shape index (κ3) is 9.27. The van der Waals surface area contributed by atoms with E-state index in [4.69, 9.17) is 10.8 Å². The number of hydrogen-bond donors (Lipinski definition) is 6. The van der Waals surface area contributed by atoms with E-state index in [9.17, 15) is 19.2 Å². The normalized spacial score (nSPS) is 13.8. The molecule has 0 fully saturated rings. The minimum Gasteiger partial charge on any atom is -0.480 e. The Labute approximate surface area is 181 Å². The SMILES string of the molecule is CC(C)CC(NC(=O)C(CS)NC(=O)C(N)Cc1ccccc1)C(=O)NCC(=O)O. The lowest BCUT2D eigenvalue weighted by Gasteiger charge is -2.24. The average molecular weight is 439 g/mol. The van der Waals surface area contributed by atoms with E-state index in [1.165, 1.54) is 0 Å². The minimum atomic E-state index is -1.19. The topological polar surface area (TPSA) is 151 Å². The van der Waals surface area contributed by atoms with Crippen molar-refractivity contribution in [2.75, 3.05) is 12.3 Å². The van der Waals surface area contributed by atoms with Crippen molar-refractivity contribution in [1.82, 2.24) is 16.0 Å². The van der Waals surface area contributed by atoms with Gasteiger partial charge < -0.3 is 26.8 Å². The van der Waals surface area contributed by atoms with E-state index in [0.29, 0.717) is 12.8 Å². The molecule has 0 bridgehead atoms. The fourth-order valence-corrected chi connectivity index (χ4v) is 2.95. The zero-order chi connectivity index (χ0) is 22.7. The fourth-order valence-electron chi connectivity index (χ4n) is 2.69. The summed E-state index contributed by atoms with van der Waals surface area (Å²) in [5.74, 6) is -2.84. The molecule has 3 unspecified atom stereocenters. The summed E-state index contributed by atoms with van der Waals surface area (Å²) in [4.78, 5) is 47.9. The van der Waals surface area contributed by atoms with Gasteiger partial charge in [0.25, 0.3) is 0 Å². The maximum absolute atomic E-state index is 12.6. The van der Waals surface area contributed by atoms with E-state index in [1.54, 1.807) is 0 Å². The number of hydrogen-bond acceptors (Lipinski definition) is 6. The number of benzene rings is 1. The second kappa shape index (κ2) is 12.9. The van der Waals surface area contributed by atoms with Gasteiger partial charge in [-0.05, 0) is 24.3 Å². The van der Waals surface area contributed by atoms with Crippen LogP contribution in [0.5, 0.6) is 0 Å². The molecule has 0 radical (unpaired) electrons. The third-order valence-electron chi connectivity index (χ3n) is 4.20. The Balaban J connectivity index is 2.71. The van der Waals surface area contributed by atoms with Crippen LogP contribution in [0.3, 0.4) is 0 Å². The molecule has 0 heterocycles. The first-order valence-electron chi connectivity index (χ1n) is 9.64. The minimum absolute atomic E-state index is 0.000768. The third-order valence-corrected chi connectivity index (χ3v) is 4.57. The van der Waals surface area contributed by atoms with Gasteiger partial charge in [0, 0.05) is 5.75 Å². The van der Waals surface area contributed by atoms with Crippen molar-refractivity contribution in [1.29, 1.82) is 0 Å². The molecule has 0 aliphatic rings. The summed E-state index contributed by atoms with van der Waals surface area (Å²) in [5.41, 5.74) is 6.84. The Kier molecular flexibility index (Phi) is 10.9. The van der Waals surface area contributed by atoms with Gasteiger partial charge in [-0.2, -0.15) is 12.6 Å². The van der Waals surface area contributed by atoms with Gasteiger partial charge in [-0.25, -0.2) is 0 Å². The molecule has 1 aromatic carbocycles. The fraction of sp³-hybridized carbons (Fsp3) is 0.500. The maximum Gasteiger partial charge on any atom is 0.322 e. The Morgan fingerprint density at radius 1 is 1.00 bits per heavy atom. The van der Waals surface area contributed by atoms with E-state index in [1.807, 2.05) is 44.2 Å². The largest absolute Gasteiger partial charge is 0.480 e. The molecule has 0 aliphatic heterocycles. The molecule has 0 saturated carbocycles. The molecular formula is C20H30N4O5S. The number of amides is 3. The van der Waals surface area contributed by atoms with E-state index in [0.717, 1.165) is 5.56 Å². The lowest BCUT2D eigenvalue weighted by Crippen LogP contribution is -2.57. The van der Waals surface area contributed by atoms with Crippen molar-refractivity contribution in [2.45, 2.75) is 44.8 Å². The van der Waals surface area contributed by atoms with Crippen LogP contribution in [-0.4, -0.2) is 59.2 Å². The van der Waals surface area contributed by atoms with E-state index in [-0.39, 0.29) is 11.7 Å². The quantitative estimate of drug-likeness (QED) is 0.247. The highest BCUT2D eigenvalue weighted by atomic mass is 32.1. The van der Waals surface area contributed by atoms with Crippen LogP contribution < -0.4 is 21.7 Å². The van der Waals surface area contributed by atoms with Gasteiger partial charge in [-0.1, -0.05) is 44.2 Å². The summed E-state index contributed by atoms with van der Waals surface area (Å²) < 4.78 is 0. The molecule has 3 atom stereocenters. The van der Waals surface area contributed by atoms with Crippen LogP contribution in [0.4, 0.5) is 0 Å². The van der Waals surface area contributed by atoms with Crippen LogP contribution in [0.1, 0.15) is 25.8 Å². The Hall–Kier alpha value is -2.59. The smallest absolute Gasteiger partial charge is 0.322 e. The van der Waals surface area contributed by atoms with Crippen LogP contribution in [0.25, 0.3) is 0 Å². The maximum atomic E-state index is 12.6. The molecule has 30 heavy (non-hydrogen) atoms. The summed E-state index contributed by atoms with van der Waals surface area (Å²) in [6.07, 6.45) is 0.610. The Bertz CT molecular complexity index is 729. The number of nitrogens with one attached hydrogen (secondary N) is 3. The van der Waals surface area contributed by atoms with Crippen LogP contribution in [-0.2, 0) is 25.6 Å². The molecule has 0 spiro atoms. The number of carbonyl (C=O) groups excluding carboxylic acids is 3. The standard InChI is InChI=1S/C20H30N4O5S/c1-12(2)8-15(19(28)22-10-17(25)26)23-20(29)16(11-30)24-18(27)14(21)9-13-6-4-3-5-7-13/h3-7,12,14-16,30H,8-11,21H2,1-2H3,(H,22,28)(H,23,29)(H,24,27)(H,25,26). The summed E-state index contributed by atoms with van der Waals surface area (Å²) in [7, 11) is 0. The number of carboxylic acids is 1. The molecule has 3 amide bonds. The molecule has 9 nitrogen and oxygen atoms in total. The van der Waals surface area contributed by atoms with Crippen molar-refractivity contribution in [3.05, 3.63) is 35.9 Å². The van der Waals surface area contributed by atoms with Crippen molar-refractivity contribution < 1.29 is 24.3 Å². The van der Waals surface area contributed by atoms with Crippen LogP contribution in [0.15, 0.2) is 30.3 Å². The molecule has 0 aliphatic carbocycles. The molecule has 1 aromatic rings. The van der Waals surface area contributed by atoms with E-state index < -0.39 is 48.4 Å². The number of carbonyl (C=O) groups is 4. The lowest BCUT2D eigenvalue weighted by atomic mass is 10.0. The Morgan fingerprint density at radius 3 is 2.13 bits per heavy atom. The zero-order valence-corrected chi connectivity index (χ0v) is 18.0. The summed E-state index contributed by atoms with van der Waals surface area (Å²) >= 11 is 4.11. The lowest BCUT2D eigenvalue weighted by molar-refractivity contribution is -0.138. The van der Waals surface area contributed by atoms with Crippen LogP contribution in [0, 0.1) is 5.92 Å². The van der Waals surface area contributed by atoms with Gasteiger partial charge in [0.05, 0.1) is 6.04 Å². The second-order valence-electron chi connectivity index (χ2n) is 7.34. The average Bonchev–Trinajstić information content (AvgIpc) is 2.69. The highest BCUT2D eigenvalue weighted by Gasteiger charge is 2.28. The first-order valence-corrected chi connectivity index (χ1v) is 10.3. The van der Waals surface area contributed by atoms with Gasteiger partial charge in [0.1, 0.15) is 18.6 Å². The van der Waals surface area contributed by atoms with Crippen molar-refractivity contribution in [3.63, 3.8) is 0 Å². The number of aliphatic carboxylic acids is 1. The zero-order valence-electron chi connectivity index (χ0n) is 17.1.